The highest BCUT2D eigenvalue weighted by Crippen LogP contribution is 2.56. The number of aliphatic carboxylic acids is 3. The van der Waals surface area contributed by atoms with Gasteiger partial charge in [-0.25, -0.2) is 0 Å². The maximum absolute atomic E-state index is 10.9. The van der Waals surface area contributed by atoms with E-state index in [1.807, 2.05) is 0 Å². The second-order valence-electron chi connectivity index (χ2n) is 22.9. The molecule has 420 valence electrons. The third-order valence-electron chi connectivity index (χ3n) is 15.4. The molecule has 0 amide bonds. The van der Waals surface area contributed by atoms with Crippen molar-refractivity contribution in [3.05, 3.63) is 0 Å². The Morgan fingerprint density at radius 3 is 1.01 bits per heavy atom. The van der Waals surface area contributed by atoms with Crippen molar-refractivity contribution < 1.29 is 91.8 Å². The van der Waals surface area contributed by atoms with Crippen molar-refractivity contribution in [3.63, 3.8) is 0 Å². The molecule has 9 rings (SSSR count). The van der Waals surface area contributed by atoms with E-state index in [4.69, 9.17) is 37.4 Å². The van der Waals surface area contributed by atoms with E-state index in [2.05, 4.69) is 31.1 Å². The molecule has 76 heavy (non-hydrogen) atoms. The number of nitrogens with zero attached hydrogens (tertiary/aromatic N) is 2. The average Bonchev–Trinajstić information content (AvgIpc) is 4.10. The maximum atomic E-state index is 10.9. The number of methoxy groups -OCH3 is 3. The summed E-state index contributed by atoms with van der Waals surface area (Å²) in [5, 5.41) is 41.6. The van der Waals surface area contributed by atoms with Gasteiger partial charge in [0.25, 0.3) is 0 Å². The van der Waals surface area contributed by atoms with Crippen molar-refractivity contribution in [3.8, 4) is 12.1 Å². The van der Waals surface area contributed by atoms with Crippen LogP contribution in [0.5, 0.6) is 0 Å². The van der Waals surface area contributed by atoms with Crippen LogP contribution in [0, 0.1) is 60.6 Å². The molecule has 9 fully saturated rings. The Morgan fingerprint density at radius 1 is 0.474 bits per heavy atom. The van der Waals surface area contributed by atoms with E-state index in [0.29, 0.717) is 64.2 Å². The van der Waals surface area contributed by atoms with Crippen LogP contribution in [0.2, 0.25) is 0 Å². The zero-order valence-corrected chi connectivity index (χ0v) is 44.9. The van der Waals surface area contributed by atoms with Gasteiger partial charge in [0.05, 0.1) is 91.3 Å². The number of carbonyl (C=O) groups excluding carboxylic acids is 9. The number of carbonyl (C=O) groups is 12. The van der Waals surface area contributed by atoms with Crippen molar-refractivity contribution in [2.45, 2.75) is 193 Å². The second kappa shape index (κ2) is 27.8. The zero-order chi connectivity index (χ0) is 57.2. The number of carboxylic acids is 3. The molecule has 1 aliphatic heterocycles. The molecule has 0 unspecified atom stereocenters. The van der Waals surface area contributed by atoms with Gasteiger partial charge in [-0.05, 0) is 146 Å². The van der Waals surface area contributed by atoms with Gasteiger partial charge < -0.3 is 39.1 Å². The van der Waals surface area contributed by atoms with Crippen LogP contribution in [-0.4, -0.2) is 107 Å². The minimum Gasteiger partial charge on any atom is -0.481 e. The lowest BCUT2D eigenvalue weighted by molar-refractivity contribution is -0.166. The summed E-state index contributed by atoms with van der Waals surface area (Å²) in [5.74, 6) is -3.60. The first-order valence-corrected chi connectivity index (χ1v) is 25.9. The van der Waals surface area contributed by atoms with E-state index < -0.39 is 23.3 Å². The number of hydrogen-bond donors (Lipinski definition) is 3. The smallest absolute Gasteiger partial charge is 0.314 e. The van der Waals surface area contributed by atoms with Gasteiger partial charge in [0.2, 0.25) is 5.24 Å². The number of hydrogen-bond acceptors (Lipinski definition) is 18. The Balaban J connectivity index is 0.000000234. The molecule has 0 radical (unpaired) electrons. The summed E-state index contributed by atoms with van der Waals surface area (Å²) in [5.41, 5.74) is -0.524. The molecule has 0 atom stereocenters. The fourth-order valence-electron chi connectivity index (χ4n) is 9.40. The quantitative estimate of drug-likeness (QED) is 0.0514. The van der Waals surface area contributed by atoms with Crippen LogP contribution in [0.15, 0.2) is 0 Å². The molecule has 0 aromatic rings. The topological polar surface area (TPSA) is 350 Å². The van der Waals surface area contributed by atoms with Crippen LogP contribution in [0.25, 0.3) is 0 Å². The molecule has 21 nitrogen and oxygen atoms in total. The van der Waals surface area contributed by atoms with E-state index >= 15 is 0 Å². The number of nitriles is 2. The lowest BCUT2D eigenvalue weighted by atomic mass is 9.85. The van der Waals surface area contributed by atoms with Crippen LogP contribution >= 0.6 is 11.6 Å². The number of ketones is 3. The summed E-state index contributed by atoms with van der Waals surface area (Å²) in [7, 11) is 4.05. The van der Waals surface area contributed by atoms with Crippen molar-refractivity contribution >= 4 is 81.9 Å². The molecule has 2 spiro atoms. The Hall–Kier alpha value is -6.09. The van der Waals surface area contributed by atoms with Crippen LogP contribution in [0.4, 0.5) is 0 Å². The number of esters is 5. The predicted molar refractivity (Wildman–Crippen MR) is 264 cm³/mol. The molecule has 8 saturated carbocycles. The van der Waals surface area contributed by atoms with Crippen LogP contribution < -0.4 is 0 Å². The molecular formula is C54H73ClN2O19. The summed E-state index contributed by atoms with van der Waals surface area (Å²) in [4.78, 5) is 128. The van der Waals surface area contributed by atoms with Crippen molar-refractivity contribution in [2.75, 3.05) is 21.3 Å². The van der Waals surface area contributed by atoms with Gasteiger partial charge in [-0.2, -0.15) is 10.5 Å². The highest BCUT2D eigenvalue weighted by molar-refractivity contribution is 6.63. The minimum atomic E-state index is -0.899. The standard InChI is InChI=1S/C9H14O3.C8H11ClO3.C8H12O4.C8H10O2.C7H8N2.C7H10O4.C7H8O3/c1-7(10)5-9(3-4-9)6-8(11)12-2;2*1-12-7(11)5-8(2-3-8)4-6(9)10;9-6-3-7(10)5-8(4-6)1-2-8;8-5-3-7(1-2-7)4-6-9;8-5(9)3-7(1-2-7)4-6(10)11;8-5-3-7(1-2-7)4-6(9)10-5/h3-6H2,1-2H3;2-5H2,1H3;2-5H2,1H3,(H,9,10);1-5H2;1-4H2;1-4H2,(H,8,9)(H,10,11);1-4H2. The summed E-state index contributed by atoms with van der Waals surface area (Å²) in [6.07, 6.45) is 18.8. The third-order valence-corrected chi connectivity index (χ3v) is 15.5. The summed E-state index contributed by atoms with van der Waals surface area (Å²) >= 11 is 5.24. The summed E-state index contributed by atoms with van der Waals surface area (Å²) in [6.45, 7) is 1.57. The van der Waals surface area contributed by atoms with E-state index in [0.717, 1.165) is 89.9 Å². The minimum absolute atomic E-state index is 0.000694. The second-order valence-corrected chi connectivity index (χ2v) is 23.3. The number of halogens is 1. The maximum Gasteiger partial charge on any atom is 0.314 e. The normalized spacial score (nSPS) is 21.5. The van der Waals surface area contributed by atoms with E-state index in [9.17, 15) is 57.5 Å². The lowest BCUT2D eigenvalue weighted by Crippen LogP contribution is -2.26. The van der Waals surface area contributed by atoms with Crippen LogP contribution in [0.3, 0.4) is 0 Å². The number of cyclic esters (lactones) is 2. The van der Waals surface area contributed by atoms with Gasteiger partial charge >= 0.3 is 47.8 Å². The Bertz CT molecular complexity index is 2070. The first-order valence-electron chi connectivity index (χ1n) is 25.6. The molecule has 1 saturated heterocycles. The molecule has 0 aromatic heterocycles. The molecule has 22 heteroatoms. The van der Waals surface area contributed by atoms with Gasteiger partial charge in [0, 0.05) is 38.5 Å². The molecule has 8 aliphatic carbocycles. The zero-order valence-electron chi connectivity index (χ0n) is 44.2. The summed E-state index contributed by atoms with van der Waals surface area (Å²) < 4.78 is 17.9. The molecule has 0 bridgehead atoms. The fourth-order valence-corrected chi connectivity index (χ4v) is 9.68. The van der Waals surface area contributed by atoms with Crippen molar-refractivity contribution in [1.29, 1.82) is 10.5 Å². The highest BCUT2D eigenvalue weighted by Gasteiger charge is 2.51. The Labute approximate surface area is 447 Å². The Kier molecular flexibility index (Phi) is 23.5. The molecule has 9 aliphatic rings. The SMILES string of the molecule is COC(=O)CC1(CC(=O)Cl)CC1.COC(=O)CC1(CC(=O)O)CC1.COC(=O)CC1(CC(C)=O)CC1.N#CCC1(CC#N)CC1.O=C(O)CC1(CC(=O)O)CC1.O=C1CC(=O)CC2(CC2)C1.O=C1CC2(CC2)CC(=O)O1. The van der Waals surface area contributed by atoms with Crippen molar-refractivity contribution in [2.24, 2.45) is 37.9 Å². The number of ether oxygens (including phenoxy) is 4. The average molecular weight is 1090 g/mol. The summed E-state index contributed by atoms with van der Waals surface area (Å²) in [6, 6.07) is 4.21. The number of Topliss-reactive ketones (excluding diaryl/α,β-unsaturated/α-hetero) is 3. The molecule has 1 heterocycles. The van der Waals surface area contributed by atoms with E-state index in [1.165, 1.54) is 21.3 Å². The predicted octanol–water partition coefficient (Wildman–Crippen LogP) is 7.63. The molecular weight excluding hydrogens is 1020 g/mol. The first kappa shape index (κ1) is 64.2. The lowest BCUT2D eigenvalue weighted by Gasteiger charge is -2.17. The third kappa shape index (κ3) is 24.7. The van der Waals surface area contributed by atoms with E-state index in [-0.39, 0.29) is 117 Å². The Morgan fingerprint density at radius 2 is 0.763 bits per heavy atom. The van der Waals surface area contributed by atoms with Gasteiger partial charge in [0.15, 0.2) is 0 Å². The number of carboxylic acid groups (broad SMARTS) is 3. The fraction of sp³-hybridized carbons (Fsp3) is 0.741. The van der Waals surface area contributed by atoms with Gasteiger partial charge in [-0.3, -0.25) is 52.7 Å². The number of rotatable bonds is 18. The monoisotopic (exact) mass is 1090 g/mol. The molecule has 3 N–H and O–H groups in total. The van der Waals surface area contributed by atoms with Gasteiger partial charge in [-0.15, -0.1) is 0 Å². The van der Waals surface area contributed by atoms with E-state index in [1.54, 1.807) is 6.92 Å². The van der Waals surface area contributed by atoms with Gasteiger partial charge in [0.1, 0.15) is 17.3 Å². The first-order chi connectivity index (χ1) is 35.5. The van der Waals surface area contributed by atoms with Crippen LogP contribution in [0.1, 0.15) is 193 Å². The highest BCUT2D eigenvalue weighted by atomic mass is 35.5. The largest absolute Gasteiger partial charge is 0.481 e. The van der Waals surface area contributed by atoms with Crippen molar-refractivity contribution in [1.82, 2.24) is 0 Å². The molecule has 0 aromatic carbocycles. The van der Waals surface area contributed by atoms with Gasteiger partial charge in [-0.1, -0.05) is 0 Å². The van der Waals surface area contributed by atoms with Crippen LogP contribution in [-0.2, 0) is 76.5 Å².